The third-order valence-corrected chi connectivity index (χ3v) is 3.83. The van der Waals surface area contributed by atoms with Crippen molar-refractivity contribution in [3.8, 4) is 0 Å². The molecule has 0 spiro atoms. The minimum absolute atomic E-state index is 0.752. The van der Waals surface area contributed by atoms with E-state index in [9.17, 15) is 0 Å². The highest BCUT2D eigenvalue weighted by Crippen LogP contribution is 2.15. The summed E-state index contributed by atoms with van der Waals surface area (Å²) >= 11 is 3.76. The molecule has 1 unspecified atom stereocenters. The van der Waals surface area contributed by atoms with Gasteiger partial charge < -0.3 is 5.32 Å². The van der Waals surface area contributed by atoms with Crippen molar-refractivity contribution in [3.05, 3.63) is 0 Å². The van der Waals surface area contributed by atoms with Gasteiger partial charge in [0.05, 0.1) is 0 Å². The van der Waals surface area contributed by atoms with E-state index < -0.39 is 0 Å². The van der Waals surface area contributed by atoms with Gasteiger partial charge in [0.2, 0.25) is 0 Å². The molecular formula is C9H18N2S2. The maximum absolute atomic E-state index is 4.47. The van der Waals surface area contributed by atoms with Gasteiger partial charge in [-0.25, -0.2) is 0 Å². The highest BCUT2D eigenvalue weighted by molar-refractivity contribution is 8.13. The van der Waals surface area contributed by atoms with Gasteiger partial charge >= 0.3 is 0 Å². The molecule has 0 radical (unpaired) electrons. The Morgan fingerprint density at radius 3 is 3.15 bits per heavy atom. The third-order valence-electron chi connectivity index (χ3n) is 1.85. The Bertz CT molecular complexity index is 171. The first-order chi connectivity index (χ1) is 6.33. The van der Waals surface area contributed by atoms with Crippen molar-refractivity contribution in [1.82, 2.24) is 5.32 Å². The summed E-state index contributed by atoms with van der Waals surface area (Å²) in [5.41, 5.74) is 0. The SMILES string of the molecule is CSCCCNC1=NCC(C)CS1. The zero-order valence-corrected chi connectivity index (χ0v) is 10.0. The largest absolute Gasteiger partial charge is 0.365 e. The van der Waals surface area contributed by atoms with Crippen LogP contribution in [0, 0.1) is 5.92 Å². The van der Waals surface area contributed by atoms with Gasteiger partial charge in [0.15, 0.2) is 5.17 Å². The lowest BCUT2D eigenvalue weighted by molar-refractivity contribution is 0.668. The Hall–Kier alpha value is 0.170. The van der Waals surface area contributed by atoms with Crippen LogP contribution in [0.5, 0.6) is 0 Å². The highest BCUT2D eigenvalue weighted by Gasteiger charge is 2.10. The molecule has 4 heteroatoms. The Kier molecular flexibility index (Phi) is 5.71. The van der Waals surface area contributed by atoms with Gasteiger partial charge in [-0.3, -0.25) is 4.99 Å². The van der Waals surface area contributed by atoms with Crippen molar-refractivity contribution < 1.29 is 0 Å². The topological polar surface area (TPSA) is 24.4 Å². The van der Waals surface area contributed by atoms with Crippen molar-refractivity contribution in [2.45, 2.75) is 13.3 Å². The van der Waals surface area contributed by atoms with Crippen LogP contribution in [0.25, 0.3) is 0 Å². The normalized spacial score (nSPS) is 22.6. The van der Waals surface area contributed by atoms with Crippen LogP contribution < -0.4 is 5.32 Å². The summed E-state index contributed by atoms with van der Waals surface area (Å²) in [6.07, 6.45) is 3.38. The van der Waals surface area contributed by atoms with Gasteiger partial charge in [0.25, 0.3) is 0 Å². The van der Waals surface area contributed by atoms with Crippen LogP contribution in [0.15, 0.2) is 4.99 Å². The number of nitrogens with one attached hydrogen (secondary N) is 1. The van der Waals surface area contributed by atoms with Crippen LogP contribution in [0.2, 0.25) is 0 Å². The smallest absolute Gasteiger partial charge is 0.156 e. The Morgan fingerprint density at radius 1 is 1.69 bits per heavy atom. The van der Waals surface area contributed by atoms with E-state index in [0.29, 0.717) is 0 Å². The van der Waals surface area contributed by atoms with Crippen LogP contribution in [0.1, 0.15) is 13.3 Å². The van der Waals surface area contributed by atoms with Crippen molar-refractivity contribution in [3.63, 3.8) is 0 Å². The van der Waals surface area contributed by atoms with Crippen LogP contribution in [0.3, 0.4) is 0 Å². The number of hydrogen-bond donors (Lipinski definition) is 1. The standard InChI is InChI=1S/C9H18N2S2/c1-8-6-11-9(13-7-8)10-4-3-5-12-2/h8H,3-7H2,1-2H3,(H,10,11). The minimum Gasteiger partial charge on any atom is -0.365 e. The number of rotatable bonds is 4. The van der Waals surface area contributed by atoms with E-state index in [1.54, 1.807) is 0 Å². The molecule has 0 aromatic carbocycles. The van der Waals surface area contributed by atoms with E-state index >= 15 is 0 Å². The Balaban J connectivity index is 2.08. The van der Waals surface area contributed by atoms with Crippen LogP contribution in [-0.2, 0) is 0 Å². The summed E-state index contributed by atoms with van der Waals surface area (Å²) in [5.74, 6) is 3.21. The van der Waals surface area contributed by atoms with E-state index in [4.69, 9.17) is 0 Å². The molecule has 0 saturated heterocycles. The van der Waals surface area contributed by atoms with Gasteiger partial charge in [0, 0.05) is 18.8 Å². The van der Waals surface area contributed by atoms with E-state index in [0.717, 1.165) is 24.2 Å². The molecule has 13 heavy (non-hydrogen) atoms. The fourth-order valence-corrected chi connectivity index (χ4v) is 2.43. The first-order valence-electron chi connectivity index (χ1n) is 4.73. The van der Waals surface area contributed by atoms with Crippen molar-refractivity contribution in [2.24, 2.45) is 10.9 Å². The van der Waals surface area contributed by atoms with Crippen LogP contribution >= 0.6 is 23.5 Å². The molecule has 0 saturated carbocycles. The molecule has 1 aliphatic rings. The quantitative estimate of drug-likeness (QED) is 0.731. The van der Waals surface area contributed by atoms with E-state index in [1.165, 1.54) is 17.9 Å². The molecule has 2 nitrogen and oxygen atoms in total. The monoisotopic (exact) mass is 218 g/mol. The molecule has 1 heterocycles. The molecule has 1 aliphatic heterocycles. The predicted molar refractivity (Wildman–Crippen MR) is 64.9 cm³/mol. The molecule has 76 valence electrons. The lowest BCUT2D eigenvalue weighted by Gasteiger charge is -2.17. The van der Waals surface area contributed by atoms with Gasteiger partial charge in [-0.2, -0.15) is 11.8 Å². The molecule has 1 rings (SSSR count). The summed E-state index contributed by atoms with van der Waals surface area (Å²) in [4.78, 5) is 4.47. The summed E-state index contributed by atoms with van der Waals surface area (Å²) in [6.45, 7) is 4.32. The maximum Gasteiger partial charge on any atom is 0.156 e. The van der Waals surface area contributed by atoms with Gasteiger partial charge in [-0.05, 0) is 24.3 Å². The van der Waals surface area contributed by atoms with E-state index in [2.05, 4.69) is 23.5 Å². The number of aliphatic imine (C=N–C) groups is 1. The van der Waals surface area contributed by atoms with Crippen molar-refractivity contribution >= 4 is 28.7 Å². The predicted octanol–water partition coefficient (Wildman–Crippen LogP) is 2.07. The maximum atomic E-state index is 4.47. The summed E-state index contributed by atoms with van der Waals surface area (Å²) < 4.78 is 0. The summed E-state index contributed by atoms with van der Waals surface area (Å²) in [7, 11) is 0. The van der Waals surface area contributed by atoms with Crippen LogP contribution in [0.4, 0.5) is 0 Å². The molecule has 0 aliphatic carbocycles. The summed E-state index contributed by atoms with van der Waals surface area (Å²) in [6, 6.07) is 0. The number of hydrogen-bond acceptors (Lipinski definition) is 4. The summed E-state index contributed by atoms with van der Waals surface area (Å²) in [5, 5.41) is 4.53. The second kappa shape index (κ2) is 6.60. The molecular weight excluding hydrogens is 200 g/mol. The molecule has 1 atom stereocenters. The fraction of sp³-hybridized carbons (Fsp3) is 0.889. The Morgan fingerprint density at radius 2 is 2.54 bits per heavy atom. The first kappa shape index (κ1) is 11.2. The zero-order chi connectivity index (χ0) is 9.52. The number of nitrogens with zero attached hydrogens (tertiary/aromatic N) is 1. The zero-order valence-electron chi connectivity index (χ0n) is 8.38. The van der Waals surface area contributed by atoms with Gasteiger partial charge in [-0.15, -0.1) is 0 Å². The van der Waals surface area contributed by atoms with Gasteiger partial charge in [0.1, 0.15) is 0 Å². The van der Waals surface area contributed by atoms with Crippen molar-refractivity contribution in [1.29, 1.82) is 0 Å². The van der Waals surface area contributed by atoms with Crippen LogP contribution in [-0.4, -0.2) is 36.0 Å². The van der Waals surface area contributed by atoms with Gasteiger partial charge in [-0.1, -0.05) is 18.7 Å². The number of thioether (sulfide) groups is 2. The lowest BCUT2D eigenvalue weighted by Crippen LogP contribution is -2.27. The third kappa shape index (κ3) is 4.81. The van der Waals surface area contributed by atoms with E-state index in [-0.39, 0.29) is 0 Å². The fourth-order valence-electron chi connectivity index (χ4n) is 1.08. The molecule has 0 amide bonds. The minimum atomic E-state index is 0.752. The number of amidine groups is 1. The molecule has 1 N–H and O–H groups in total. The molecule has 0 aromatic rings. The van der Waals surface area contributed by atoms with E-state index in [1.807, 2.05) is 23.5 Å². The second-order valence-corrected chi connectivity index (χ2v) is 5.33. The molecule has 0 aromatic heterocycles. The Labute approximate surface area is 89.3 Å². The highest BCUT2D eigenvalue weighted by atomic mass is 32.2. The average molecular weight is 218 g/mol. The second-order valence-electron chi connectivity index (χ2n) is 3.34. The molecule has 0 bridgehead atoms. The molecule has 0 fully saturated rings. The van der Waals surface area contributed by atoms with Crippen molar-refractivity contribution in [2.75, 3.05) is 30.9 Å². The first-order valence-corrected chi connectivity index (χ1v) is 7.11. The average Bonchev–Trinajstić information content (AvgIpc) is 2.15. The lowest BCUT2D eigenvalue weighted by atomic mass is 10.2.